The smallest absolute Gasteiger partial charge is 0.247 e. The first kappa shape index (κ1) is 43.6. The highest BCUT2D eigenvalue weighted by atomic mass is 32.1. The van der Waals surface area contributed by atoms with Gasteiger partial charge in [0.05, 0.1) is 47.2 Å². The highest BCUT2D eigenvalue weighted by Crippen LogP contribution is 2.46. The Bertz CT molecular complexity index is 5020. The molecule has 0 saturated carbocycles. The topological polar surface area (TPSA) is 53.5 Å². The Balaban J connectivity index is 0.821. The molecule has 366 valence electrons. The number of fused-ring (bicyclic) bond motifs is 21. The van der Waals surface area contributed by atoms with E-state index in [-0.39, 0.29) is 6.71 Å². The zero-order chi connectivity index (χ0) is 51.4. The van der Waals surface area contributed by atoms with E-state index in [0.717, 1.165) is 50.4 Å². The van der Waals surface area contributed by atoms with Gasteiger partial charge < -0.3 is 0 Å². The molecule has 0 aliphatic heterocycles. The molecule has 0 aliphatic carbocycles. The lowest BCUT2D eigenvalue weighted by Crippen LogP contribution is -2.52. The maximum Gasteiger partial charge on any atom is 0.247 e. The van der Waals surface area contributed by atoms with E-state index in [1.165, 1.54) is 109 Å². The van der Waals surface area contributed by atoms with Crippen molar-refractivity contribution in [3.63, 3.8) is 0 Å². The Kier molecular flexibility index (Phi) is 9.13. The van der Waals surface area contributed by atoms with E-state index >= 15 is 0 Å². The van der Waals surface area contributed by atoms with E-state index in [1.54, 1.807) is 0 Å². The summed E-state index contributed by atoms with van der Waals surface area (Å²) < 4.78 is 14.8. The SMILES string of the molecule is c1ccc2c(c1)sc1c2ccc2c3ccccc3n(-c3ccc(B(c4ccc(-n5c6ccccc6c6ccc7c8ccccc8sc7c65)nc4)c4ccc(-n5c6ccccc6c6ccc7c8ccccc8sc7c65)nc4)cn3)c21. The third-order valence-corrected chi connectivity index (χ3v) is 20.1. The first-order valence-corrected chi connectivity index (χ1v) is 29.0. The summed E-state index contributed by atoms with van der Waals surface area (Å²) in [5.74, 6) is 2.62. The quantitative estimate of drug-likeness (QED) is 0.156. The van der Waals surface area contributed by atoms with Crippen LogP contribution >= 0.6 is 34.0 Å². The Hall–Kier alpha value is -9.45. The predicted octanol–water partition coefficient (Wildman–Crippen LogP) is 16.8. The molecule has 9 heterocycles. The molecular formula is C69H39BN6S3. The van der Waals surface area contributed by atoms with Crippen LogP contribution in [0.2, 0.25) is 0 Å². The van der Waals surface area contributed by atoms with Gasteiger partial charge in [0.1, 0.15) is 17.5 Å². The van der Waals surface area contributed by atoms with Crippen molar-refractivity contribution < 1.29 is 0 Å². The van der Waals surface area contributed by atoms with Gasteiger partial charge in [0.2, 0.25) is 6.71 Å². The number of hydrogen-bond acceptors (Lipinski definition) is 6. The van der Waals surface area contributed by atoms with E-state index in [4.69, 9.17) is 15.0 Å². The number of aromatic nitrogens is 6. The molecule has 0 bridgehead atoms. The summed E-state index contributed by atoms with van der Waals surface area (Å²) in [6.07, 6.45) is 6.22. The van der Waals surface area contributed by atoms with Crippen molar-refractivity contribution in [3.8, 4) is 17.5 Å². The van der Waals surface area contributed by atoms with Gasteiger partial charge in [-0.2, -0.15) is 0 Å². The molecule has 0 amide bonds. The summed E-state index contributed by atoms with van der Waals surface area (Å²) >= 11 is 5.57. The van der Waals surface area contributed by atoms with Crippen LogP contribution in [-0.2, 0) is 0 Å². The first-order chi connectivity index (χ1) is 39.2. The molecule has 0 atom stereocenters. The molecule has 18 aromatic rings. The number of nitrogens with zero attached hydrogens (tertiary/aromatic N) is 6. The zero-order valence-electron chi connectivity index (χ0n) is 42.0. The predicted molar refractivity (Wildman–Crippen MR) is 339 cm³/mol. The maximum atomic E-state index is 5.42. The Labute approximate surface area is 463 Å². The number of pyridine rings is 3. The third-order valence-electron chi connectivity index (χ3n) is 16.5. The molecule has 10 heteroatoms. The summed E-state index contributed by atoms with van der Waals surface area (Å²) in [4.78, 5) is 16.3. The minimum absolute atomic E-state index is 0.239. The molecule has 0 radical (unpaired) electrons. The normalized spacial score (nSPS) is 12.3. The van der Waals surface area contributed by atoms with Crippen molar-refractivity contribution in [2.75, 3.05) is 0 Å². The monoisotopic (exact) mass is 1060 g/mol. The molecule has 0 spiro atoms. The van der Waals surface area contributed by atoms with E-state index in [1.807, 2.05) is 34.0 Å². The minimum atomic E-state index is -0.239. The second-order valence-electron chi connectivity index (χ2n) is 20.6. The summed E-state index contributed by atoms with van der Waals surface area (Å²) in [7, 11) is 0. The number of para-hydroxylation sites is 3. The zero-order valence-corrected chi connectivity index (χ0v) is 44.5. The molecule has 6 nitrogen and oxygen atoms in total. The van der Waals surface area contributed by atoms with Crippen LogP contribution in [0.25, 0.3) is 143 Å². The van der Waals surface area contributed by atoms with Gasteiger partial charge in [0, 0.05) is 97.3 Å². The van der Waals surface area contributed by atoms with Crippen LogP contribution < -0.4 is 16.4 Å². The molecule has 9 aromatic carbocycles. The average molecular weight is 1060 g/mol. The van der Waals surface area contributed by atoms with Crippen LogP contribution in [0.3, 0.4) is 0 Å². The van der Waals surface area contributed by atoms with E-state index in [9.17, 15) is 0 Å². The van der Waals surface area contributed by atoms with Crippen LogP contribution in [0, 0.1) is 0 Å². The number of rotatable bonds is 6. The van der Waals surface area contributed by atoms with Crippen molar-refractivity contribution in [2.24, 2.45) is 0 Å². The minimum Gasteiger partial charge on any atom is -0.292 e. The van der Waals surface area contributed by atoms with Crippen molar-refractivity contribution in [1.82, 2.24) is 28.7 Å². The Morgan fingerprint density at radius 1 is 0.253 bits per heavy atom. The van der Waals surface area contributed by atoms with Gasteiger partial charge in [0.25, 0.3) is 0 Å². The lowest BCUT2D eigenvalue weighted by atomic mass is 9.37. The van der Waals surface area contributed by atoms with Crippen LogP contribution in [-0.4, -0.2) is 35.4 Å². The fourth-order valence-corrected chi connectivity index (χ4v) is 16.8. The molecule has 79 heavy (non-hydrogen) atoms. The number of benzene rings is 9. The average Bonchev–Trinajstić information content (AvgIpc) is 4.27. The van der Waals surface area contributed by atoms with E-state index in [0.29, 0.717) is 0 Å². The van der Waals surface area contributed by atoms with E-state index in [2.05, 4.69) is 251 Å². The van der Waals surface area contributed by atoms with Crippen molar-refractivity contribution in [1.29, 1.82) is 0 Å². The lowest BCUT2D eigenvalue weighted by molar-refractivity contribution is 1.09. The van der Waals surface area contributed by atoms with Gasteiger partial charge in [-0.1, -0.05) is 180 Å². The largest absolute Gasteiger partial charge is 0.292 e. The van der Waals surface area contributed by atoms with Gasteiger partial charge in [-0.05, 0) is 54.6 Å². The molecule has 9 aromatic heterocycles. The first-order valence-electron chi connectivity index (χ1n) is 26.6. The molecule has 0 fully saturated rings. The van der Waals surface area contributed by atoms with Gasteiger partial charge in [-0.15, -0.1) is 34.0 Å². The second-order valence-corrected chi connectivity index (χ2v) is 23.8. The van der Waals surface area contributed by atoms with Crippen LogP contribution in [0.5, 0.6) is 0 Å². The van der Waals surface area contributed by atoms with E-state index < -0.39 is 0 Å². The molecule has 18 rings (SSSR count). The lowest BCUT2D eigenvalue weighted by Gasteiger charge is -2.17. The summed E-state index contributed by atoms with van der Waals surface area (Å²) in [5, 5.41) is 15.0. The van der Waals surface area contributed by atoms with Crippen molar-refractivity contribution in [2.45, 2.75) is 0 Å². The second kappa shape index (κ2) is 16.5. The molecule has 0 N–H and O–H groups in total. The van der Waals surface area contributed by atoms with Crippen molar-refractivity contribution >= 4 is 183 Å². The van der Waals surface area contributed by atoms with Gasteiger partial charge >= 0.3 is 0 Å². The molecule has 0 unspecified atom stereocenters. The van der Waals surface area contributed by atoms with Crippen LogP contribution in [0.4, 0.5) is 0 Å². The Morgan fingerprint density at radius 3 is 0.835 bits per heavy atom. The summed E-state index contributed by atoms with van der Waals surface area (Å²) in [5.41, 5.74) is 10.1. The summed E-state index contributed by atoms with van der Waals surface area (Å²) in [6.45, 7) is -0.239. The van der Waals surface area contributed by atoms with Gasteiger partial charge in [-0.3, -0.25) is 13.7 Å². The highest BCUT2D eigenvalue weighted by Gasteiger charge is 2.27. The van der Waals surface area contributed by atoms with Crippen LogP contribution in [0.1, 0.15) is 0 Å². The summed E-state index contributed by atoms with van der Waals surface area (Å²) in [6, 6.07) is 79.6. The van der Waals surface area contributed by atoms with Crippen molar-refractivity contribution in [3.05, 3.63) is 237 Å². The number of thiophene rings is 3. The standard InChI is InChI=1S/C69H39BN6S3/c1-7-19-55-43(13-1)49-28-31-52-46-16-4-10-22-58(46)77-67(52)64(49)74(55)61-34-25-40(37-71-61)70(41-26-35-62(72-38-41)75-56-20-8-2-14-44(56)50-29-32-53-47-17-5-11-23-59(47)78-68(53)65(50)75)42-27-36-63(73-39-42)76-57-21-9-3-15-45(57)51-30-33-54-48-18-6-12-24-60(48)79-69(54)66(51)76/h1-39H. The van der Waals surface area contributed by atoms with Crippen LogP contribution in [0.15, 0.2) is 237 Å². The fourth-order valence-electron chi connectivity index (χ4n) is 13.1. The molecule has 0 aliphatic rings. The van der Waals surface area contributed by atoms with Gasteiger partial charge in [0.15, 0.2) is 0 Å². The Morgan fingerprint density at radius 2 is 0.532 bits per heavy atom. The highest BCUT2D eigenvalue weighted by molar-refractivity contribution is 7.27. The maximum absolute atomic E-state index is 5.42. The molecular weight excluding hydrogens is 1020 g/mol. The van der Waals surface area contributed by atoms with Gasteiger partial charge in [-0.25, -0.2) is 15.0 Å². The molecule has 0 saturated heterocycles. The number of hydrogen-bond donors (Lipinski definition) is 0. The fraction of sp³-hybridized carbons (Fsp3) is 0. The third kappa shape index (κ3) is 6.19.